The topological polar surface area (TPSA) is 110 Å². The van der Waals surface area contributed by atoms with Crippen molar-refractivity contribution in [3.8, 4) is 17.2 Å². The molecule has 1 atom stereocenters. The van der Waals surface area contributed by atoms with E-state index in [9.17, 15) is 15.0 Å². The van der Waals surface area contributed by atoms with Crippen molar-refractivity contribution in [3.63, 3.8) is 0 Å². The highest BCUT2D eigenvalue weighted by molar-refractivity contribution is 5.95. The van der Waals surface area contributed by atoms with Crippen LogP contribution in [-0.4, -0.2) is 65.8 Å². The fourth-order valence-corrected chi connectivity index (χ4v) is 4.02. The van der Waals surface area contributed by atoms with Crippen LogP contribution in [0.4, 0.5) is 0 Å². The Hall–Kier alpha value is -3.17. The molecular formula is C25H32N2O7. The third-order valence-electron chi connectivity index (χ3n) is 5.82. The molecule has 0 aromatic heterocycles. The molecule has 0 bridgehead atoms. The summed E-state index contributed by atoms with van der Waals surface area (Å²) in [6.45, 7) is 6.96. The SMILES string of the molecule is CCOC(=O)C1=C/C(=C\CN2C=CNC2)c2c(cc3c(c2OCCCO)C[C@@H](C(C)(C)O)O3)O1. The number of aliphatic hydroxyl groups excluding tert-OH is 1. The summed E-state index contributed by atoms with van der Waals surface area (Å²) in [4.78, 5) is 14.6. The van der Waals surface area contributed by atoms with Gasteiger partial charge in [0, 0.05) is 50.0 Å². The molecule has 4 rings (SSSR count). The molecular weight excluding hydrogens is 440 g/mol. The minimum absolute atomic E-state index is 0.000408. The predicted octanol–water partition coefficient (Wildman–Crippen LogP) is 2.08. The fraction of sp³-hybridized carbons (Fsp3) is 0.480. The molecule has 0 saturated carbocycles. The number of nitrogens with zero attached hydrogens (tertiary/aromatic N) is 1. The minimum Gasteiger partial charge on any atom is -0.492 e. The van der Waals surface area contributed by atoms with Crippen molar-refractivity contribution in [3.05, 3.63) is 47.5 Å². The maximum absolute atomic E-state index is 12.5. The van der Waals surface area contributed by atoms with Crippen molar-refractivity contribution < 1.29 is 34.0 Å². The van der Waals surface area contributed by atoms with Gasteiger partial charge in [0.1, 0.15) is 23.4 Å². The molecule has 3 aliphatic rings. The van der Waals surface area contributed by atoms with Crippen molar-refractivity contribution in [2.75, 3.05) is 33.0 Å². The number of allylic oxidation sites excluding steroid dienone is 2. The summed E-state index contributed by atoms with van der Waals surface area (Å²) in [5.41, 5.74) is 1.23. The first-order valence-electron chi connectivity index (χ1n) is 11.6. The number of rotatable bonds is 9. The van der Waals surface area contributed by atoms with Gasteiger partial charge in [-0.3, -0.25) is 0 Å². The van der Waals surface area contributed by atoms with Crippen molar-refractivity contribution in [1.82, 2.24) is 10.2 Å². The maximum atomic E-state index is 12.5. The Labute approximate surface area is 199 Å². The van der Waals surface area contributed by atoms with Crippen LogP contribution in [0, 0.1) is 0 Å². The standard InChI is InChI=1S/C25H32N2O7/c1-4-31-24(29)20-12-16(6-8-27-9-7-26-15-27)22-19(33-20)14-18-17(23(22)32-11-5-10-28)13-21(34-18)25(2,3)30/h6-7,9,12,14,21,26,28,30H,4-5,8,10-11,13,15H2,1-3H3/b16-6+/t21-/m0/s1. The summed E-state index contributed by atoms with van der Waals surface area (Å²) in [5, 5.41) is 23.0. The first kappa shape index (κ1) is 24.0. The Morgan fingerprint density at radius 2 is 2.21 bits per heavy atom. The van der Waals surface area contributed by atoms with Gasteiger partial charge < -0.3 is 39.4 Å². The molecule has 0 aliphatic carbocycles. The molecule has 3 aliphatic heterocycles. The van der Waals surface area contributed by atoms with Gasteiger partial charge in [-0.05, 0) is 32.4 Å². The van der Waals surface area contributed by atoms with Gasteiger partial charge in [0.15, 0.2) is 0 Å². The second-order valence-electron chi connectivity index (χ2n) is 8.89. The molecule has 34 heavy (non-hydrogen) atoms. The van der Waals surface area contributed by atoms with Crippen molar-refractivity contribution in [2.45, 2.75) is 45.3 Å². The molecule has 9 heteroatoms. The highest BCUT2D eigenvalue weighted by Gasteiger charge is 2.39. The fourth-order valence-electron chi connectivity index (χ4n) is 4.02. The second kappa shape index (κ2) is 9.99. The summed E-state index contributed by atoms with van der Waals surface area (Å²) in [6.07, 6.45) is 7.96. The molecule has 0 amide bonds. The smallest absolute Gasteiger partial charge is 0.374 e. The molecule has 184 valence electrons. The average Bonchev–Trinajstić information content (AvgIpc) is 3.46. The average molecular weight is 473 g/mol. The van der Waals surface area contributed by atoms with Crippen LogP contribution in [0.3, 0.4) is 0 Å². The van der Waals surface area contributed by atoms with E-state index in [1.54, 1.807) is 32.9 Å². The van der Waals surface area contributed by atoms with Gasteiger partial charge in [0.2, 0.25) is 5.76 Å². The zero-order chi connectivity index (χ0) is 24.3. The molecule has 0 unspecified atom stereocenters. The molecule has 0 saturated heterocycles. The van der Waals surface area contributed by atoms with E-state index in [4.69, 9.17) is 18.9 Å². The number of fused-ring (bicyclic) bond motifs is 2. The third-order valence-corrected chi connectivity index (χ3v) is 5.82. The summed E-state index contributed by atoms with van der Waals surface area (Å²) < 4.78 is 23.4. The number of benzene rings is 1. The van der Waals surface area contributed by atoms with Crippen LogP contribution >= 0.6 is 0 Å². The number of aliphatic hydroxyl groups is 2. The number of nitrogens with one attached hydrogen (secondary N) is 1. The van der Waals surface area contributed by atoms with E-state index in [2.05, 4.69) is 10.2 Å². The van der Waals surface area contributed by atoms with Gasteiger partial charge in [-0.25, -0.2) is 4.79 Å². The second-order valence-corrected chi connectivity index (χ2v) is 8.89. The van der Waals surface area contributed by atoms with E-state index >= 15 is 0 Å². The van der Waals surface area contributed by atoms with Crippen LogP contribution in [0.15, 0.2) is 36.4 Å². The Bertz CT molecular complexity index is 1020. The normalized spacial score (nSPS) is 19.7. The quantitative estimate of drug-likeness (QED) is 0.368. The molecule has 0 spiro atoms. The molecule has 1 aromatic rings. The lowest BCUT2D eigenvalue weighted by Gasteiger charge is -2.24. The molecule has 0 radical (unpaired) electrons. The first-order chi connectivity index (χ1) is 16.3. The zero-order valence-corrected chi connectivity index (χ0v) is 19.8. The van der Waals surface area contributed by atoms with E-state index in [0.29, 0.717) is 55.5 Å². The lowest BCUT2D eigenvalue weighted by molar-refractivity contribution is -0.141. The molecule has 9 nitrogen and oxygen atoms in total. The molecule has 1 aromatic carbocycles. The Morgan fingerprint density at radius 1 is 1.38 bits per heavy atom. The summed E-state index contributed by atoms with van der Waals surface area (Å²) in [5.74, 6) is 1.06. The van der Waals surface area contributed by atoms with Gasteiger partial charge in [-0.15, -0.1) is 0 Å². The first-order valence-corrected chi connectivity index (χ1v) is 11.6. The molecule has 3 N–H and O–H groups in total. The Kier molecular flexibility index (Phi) is 7.04. The van der Waals surface area contributed by atoms with Gasteiger partial charge in [-0.2, -0.15) is 0 Å². The molecule has 0 fully saturated rings. The lowest BCUT2D eigenvalue weighted by atomic mass is 9.92. The van der Waals surface area contributed by atoms with Crippen LogP contribution in [-0.2, 0) is 16.0 Å². The third kappa shape index (κ3) is 5.00. The van der Waals surface area contributed by atoms with E-state index in [0.717, 1.165) is 11.1 Å². The largest absolute Gasteiger partial charge is 0.492 e. The van der Waals surface area contributed by atoms with Gasteiger partial charge in [-0.1, -0.05) is 6.08 Å². The number of esters is 1. The van der Waals surface area contributed by atoms with Crippen LogP contribution in [0.25, 0.3) is 5.57 Å². The van der Waals surface area contributed by atoms with Gasteiger partial charge in [0.05, 0.1) is 31.0 Å². The van der Waals surface area contributed by atoms with E-state index < -0.39 is 17.7 Å². The van der Waals surface area contributed by atoms with E-state index in [1.165, 1.54) is 0 Å². The highest BCUT2D eigenvalue weighted by Crippen LogP contribution is 2.50. The summed E-state index contributed by atoms with van der Waals surface area (Å²) >= 11 is 0. The van der Waals surface area contributed by atoms with Crippen molar-refractivity contribution >= 4 is 11.5 Å². The number of hydrogen-bond acceptors (Lipinski definition) is 9. The van der Waals surface area contributed by atoms with E-state index in [-0.39, 0.29) is 19.0 Å². The van der Waals surface area contributed by atoms with Crippen LogP contribution < -0.4 is 19.5 Å². The summed E-state index contributed by atoms with van der Waals surface area (Å²) in [6, 6.07) is 1.74. The summed E-state index contributed by atoms with van der Waals surface area (Å²) in [7, 11) is 0. The number of carbonyl (C=O) groups is 1. The predicted molar refractivity (Wildman–Crippen MR) is 125 cm³/mol. The lowest BCUT2D eigenvalue weighted by Crippen LogP contribution is -2.39. The zero-order valence-electron chi connectivity index (χ0n) is 19.8. The number of carbonyl (C=O) groups excluding carboxylic acids is 1. The maximum Gasteiger partial charge on any atom is 0.374 e. The monoisotopic (exact) mass is 472 g/mol. The van der Waals surface area contributed by atoms with Crippen LogP contribution in [0.1, 0.15) is 38.3 Å². The minimum atomic E-state index is -1.06. The van der Waals surface area contributed by atoms with Crippen molar-refractivity contribution in [1.29, 1.82) is 0 Å². The van der Waals surface area contributed by atoms with Gasteiger partial charge in [0.25, 0.3) is 0 Å². The van der Waals surface area contributed by atoms with Crippen LogP contribution in [0.2, 0.25) is 0 Å². The highest BCUT2D eigenvalue weighted by atomic mass is 16.6. The molecule has 3 heterocycles. The van der Waals surface area contributed by atoms with Crippen LogP contribution in [0.5, 0.6) is 17.2 Å². The van der Waals surface area contributed by atoms with E-state index in [1.807, 2.05) is 18.5 Å². The Balaban J connectivity index is 1.79. The van der Waals surface area contributed by atoms with Gasteiger partial charge >= 0.3 is 5.97 Å². The Morgan fingerprint density at radius 3 is 2.88 bits per heavy atom. The number of hydrogen-bond donors (Lipinski definition) is 3. The van der Waals surface area contributed by atoms with Crippen molar-refractivity contribution in [2.24, 2.45) is 0 Å². The number of ether oxygens (including phenoxy) is 4.